The van der Waals surface area contributed by atoms with Crippen molar-refractivity contribution in [1.82, 2.24) is 30.0 Å². The number of benzene rings is 4. The van der Waals surface area contributed by atoms with E-state index in [1.807, 2.05) is 53.2 Å². The van der Waals surface area contributed by atoms with Gasteiger partial charge in [-0.2, -0.15) is 4.68 Å². The van der Waals surface area contributed by atoms with Crippen molar-refractivity contribution in [2.45, 2.75) is 19.9 Å². The molecule has 0 spiro atoms. The van der Waals surface area contributed by atoms with Crippen molar-refractivity contribution < 1.29 is 4.74 Å². The average Bonchev–Trinajstić information content (AvgIpc) is 3.49. The third-order valence-corrected chi connectivity index (χ3v) is 7.81. The maximum Gasteiger partial charge on any atom is 0.178 e. The van der Waals surface area contributed by atoms with Crippen LogP contribution in [0.2, 0.25) is 0 Å². The zero-order valence-electron chi connectivity index (χ0n) is 24.2. The van der Waals surface area contributed by atoms with E-state index >= 15 is 0 Å². The molecule has 0 radical (unpaired) electrons. The summed E-state index contributed by atoms with van der Waals surface area (Å²) in [4.78, 5) is 5.00. The Hall–Kier alpha value is -4.59. The lowest BCUT2D eigenvalue weighted by Gasteiger charge is -2.38. The van der Waals surface area contributed by atoms with E-state index in [1.165, 1.54) is 5.56 Å². The smallest absolute Gasteiger partial charge is 0.178 e. The Morgan fingerprint density at radius 1 is 0.738 bits per heavy atom. The Balaban J connectivity index is 1.26. The molecule has 1 aliphatic heterocycles. The third kappa shape index (κ3) is 6.33. The summed E-state index contributed by atoms with van der Waals surface area (Å²) >= 11 is 0. The molecule has 0 aliphatic carbocycles. The Kier molecular flexibility index (Phi) is 8.49. The normalized spacial score (nSPS) is 15.2. The summed E-state index contributed by atoms with van der Waals surface area (Å²) in [6, 6.07) is 34.9. The molecule has 5 aromatic rings. The van der Waals surface area contributed by atoms with Crippen LogP contribution in [0.3, 0.4) is 0 Å². The van der Waals surface area contributed by atoms with Crippen molar-refractivity contribution in [3.05, 3.63) is 137 Å². The van der Waals surface area contributed by atoms with Crippen LogP contribution >= 0.6 is 0 Å². The molecule has 0 N–H and O–H groups in total. The number of aryl methyl sites for hydroxylation is 2. The van der Waals surface area contributed by atoms with Crippen LogP contribution < -0.4 is 4.74 Å². The zero-order chi connectivity index (χ0) is 28.7. The fraction of sp³-hybridized carbons (Fsp3) is 0.229. The van der Waals surface area contributed by atoms with E-state index in [4.69, 9.17) is 4.74 Å². The molecule has 212 valence electrons. The molecule has 6 rings (SSSR count). The number of nitrogens with zero attached hydrogens (tertiary/aromatic N) is 6. The number of tetrazole rings is 1. The van der Waals surface area contributed by atoms with Crippen LogP contribution in [0.4, 0.5) is 0 Å². The topological polar surface area (TPSA) is 59.3 Å². The van der Waals surface area contributed by atoms with Crippen LogP contribution in [0.1, 0.15) is 34.1 Å². The number of piperazine rings is 1. The van der Waals surface area contributed by atoms with Gasteiger partial charge in [-0.15, -0.1) is 5.10 Å². The molecule has 1 fully saturated rings. The van der Waals surface area contributed by atoms with Gasteiger partial charge in [-0.25, -0.2) is 0 Å². The summed E-state index contributed by atoms with van der Waals surface area (Å²) in [5, 5.41) is 13.3. The van der Waals surface area contributed by atoms with E-state index in [1.54, 1.807) is 0 Å². The van der Waals surface area contributed by atoms with Gasteiger partial charge in [-0.1, -0.05) is 91.0 Å². The van der Waals surface area contributed by atoms with E-state index in [2.05, 4.69) is 106 Å². The van der Waals surface area contributed by atoms with Crippen LogP contribution in [0, 0.1) is 13.8 Å². The zero-order valence-corrected chi connectivity index (χ0v) is 24.2. The first-order valence-electron chi connectivity index (χ1n) is 14.5. The maximum atomic E-state index is 6.09. The minimum atomic E-state index is -0.105. The molecule has 0 bridgehead atoms. The molecule has 0 amide bonds. The van der Waals surface area contributed by atoms with Crippen molar-refractivity contribution in [3.8, 4) is 17.2 Å². The van der Waals surface area contributed by atoms with Crippen LogP contribution in [0.15, 0.2) is 109 Å². The van der Waals surface area contributed by atoms with E-state index < -0.39 is 0 Å². The van der Waals surface area contributed by atoms with Crippen LogP contribution in [0.5, 0.6) is 11.5 Å². The van der Waals surface area contributed by atoms with Gasteiger partial charge in [-0.05, 0) is 70.8 Å². The largest absolute Gasteiger partial charge is 0.457 e. The van der Waals surface area contributed by atoms with Crippen molar-refractivity contribution in [3.63, 3.8) is 0 Å². The molecule has 1 aliphatic rings. The molecule has 2 heterocycles. The Labute approximate surface area is 247 Å². The number of hydrogen-bond donors (Lipinski definition) is 0. The fourth-order valence-corrected chi connectivity index (χ4v) is 5.64. The molecular formula is C35H36N6O. The van der Waals surface area contributed by atoms with Gasteiger partial charge in [0.1, 0.15) is 11.5 Å². The Morgan fingerprint density at radius 3 is 2.07 bits per heavy atom. The number of rotatable bonds is 9. The lowest BCUT2D eigenvalue weighted by atomic mass is 10.0. The highest BCUT2D eigenvalue weighted by Crippen LogP contribution is 2.32. The van der Waals surface area contributed by atoms with Gasteiger partial charge in [0.25, 0.3) is 0 Å². The van der Waals surface area contributed by atoms with E-state index in [0.717, 1.165) is 72.4 Å². The van der Waals surface area contributed by atoms with Crippen molar-refractivity contribution >= 4 is 6.08 Å². The molecular weight excluding hydrogens is 520 g/mol. The summed E-state index contributed by atoms with van der Waals surface area (Å²) in [6.45, 7) is 8.91. The fourth-order valence-electron chi connectivity index (χ4n) is 5.64. The van der Waals surface area contributed by atoms with Crippen LogP contribution in [-0.4, -0.2) is 62.7 Å². The van der Waals surface area contributed by atoms with E-state index in [-0.39, 0.29) is 6.04 Å². The molecule has 42 heavy (non-hydrogen) atoms. The summed E-state index contributed by atoms with van der Waals surface area (Å²) < 4.78 is 8.01. The lowest BCUT2D eigenvalue weighted by Crippen LogP contribution is -2.48. The molecule has 1 aromatic heterocycles. The van der Waals surface area contributed by atoms with Crippen molar-refractivity contribution in [2.24, 2.45) is 0 Å². The van der Waals surface area contributed by atoms with Crippen LogP contribution in [0.25, 0.3) is 11.8 Å². The Morgan fingerprint density at radius 2 is 1.38 bits per heavy atom. The quantitative estimate of drug-likeness (QED) is 0.207. The van der Waals surface area contributed by atoms with Gasteiger partial charge >= 0.3 is 0 Å². The highest BCUT2D eigenvalue weighted by molar-refractivity contribution is 5.49. The van der Waals surface area contributed by atoms with Crippen molar-refractivity contribution in [2.75, 3.05) is 32.7 Å². The molecule has 1 atom stereocenters. The van der Waals surface area contributed by atoms with Gasteiger partial charge in [0.05, 0.1) is 11.7 Å². The summed E-state index contributed by atoms with van der Waals surface area (Å²) in [5.74, 6) is 2.44. The molecule has 0 saturated carbocycles. The number of para-hydroxylation sites is 2. The highest BCUT2D eigenvalue weighted by Gasteiger charge is 2.31. The van der Waals surface area contributed by atoms with Gasteiger partial charge in [0.2, 0.25) is 0 Å². The van der Waals surface area contributed by atoms with Gasteiger partial charge in [-0.3, -0.25) is 9.80 Å². The molecule has 7 heteroatoms. The first-order chi connectivity index (χ1) is 20.7. The average molecular weight is 557 g/mol. The molecule has 1 unspecified atom stereocenters. The monoisotopic (exact) mass is 556 g/mol. The second-order valence-corrected chi connectivity index (χ2v) is 10.7. The minimum absolute atomic E-state index is 0.105. The Bertz CT molecular complexity index is 1590. The van der Waals surface area contributed by atoms with Crippen LogP contribution in [-0.2, 0) is 0 Å². The standard InChI is InChI=1S/C35H36N6O/c1-27-11-9-12-28(2)33(27)41-35(36-37-38-41)34(30-18-20-32(21-19-30)42-31-16-7-4-8-17-31)40-25-23-39(24-26-40)22-10-15-29-13-5-3-6-14-29/h3-21,34H,22-26H2,1-2H3. The third-order valence-electron chi connectivity index (χ3n) is 7.81. The minimum Gasteiger partial charge on any atom is -0.457 e. The predicted molar refractivity (Wildman–Crippen MR) is 167 cm³/mol. The van der Waals surface area contributed by atoms with Crippen molar-refractivity contribution in [1.29, 1.82) is 0 Å². The summed E-state index contributed by atoms with van der Waals surface area (Å²) in [5.41, 5.74) is 5.69. The highest BCUT2D eigenvalue weighted by atomic mass is 16.5. The summed E-state index contributed by atoms with van der Waals surface area (Å²) in [6.07, 6.45) is 4.46. The maximum absolute atomic E-state index is 6.09. The van der Waals surface area contributed by atoms with Gasteiger partial charge in [0, 0.05) is 32.7 Å². The van der Waals surface area contributed by atoms with E-state index in [9.17, 15) is 0 Å². The first-order valence-corrected chi connectivity index (χ1v) is 14.5. The number of hydrogen-bond acceptors (Lipinski definition) is 6. The second-order valence-electron chi connectivity index (χ2n) is 10.7. The molecule has 1 saturated heterocycles. The SMILES string of the molecule is Cc1cccc(C)c1-n1nnnc1C(c1ccc(Oc2ccccc2)cc1)N1CCN(CC=Cc2ccccc2)CC1. The predicted octanol–water partition coefficient (Wildman–Crippen LogP) is 6.49. The molecule has 4 aromatic carbocycles. The number of ether oxygens (including phenoxy) is 1. The summed E-state index contributed by atoms with van der Waals surface area (Å²) in [7, 11) is 0. The van der Waals surface area contributed by atoms with E-state index in [0.29, 0.717) is 0 Å². The first kappa shape index (κ1) is 27.6. The molecule has 7 nitrogen and oxygen atoms in total. The van der Waals surface area contributed by atoms with Gasteiger partial charge < -0.3 is 4.74 Å². The second kappa shape index (κ2) is 12.9. The van der Waals surface area contributed by atoms with Gasteiger partial charge in [0.15, 0.2) is 5.82 Å². The lowest BCUT2D eigenvalue weighted by molar-refractivity contribution is 0.113. The number of aromatic nitrogens is 4.